The van der Waals surface area contributed by atoms with Gasteiger partial charge in [0.05, 0.1) is 0 Å². The fourth-order valence-corrected chi connectivity index (χ4v) is 6.90. The Kier molecular flexibility index (Phi) is 3.08. The zero-order valence-corrected chi connectivity index (χ0v) is 13.6. The number of benzene rings is 1. The summed E-state index contributed by atoms with van der Waals surface area (Å²) in [5.74, 6) is 0. The molecule has 3 rings (SSSR count). The molecule has 98 valence electrons. The van der Waals surface area contributed by atoms with Gasteiger partial charge in [0.25, 0.3) is 0 Å². The Morgan fingerprint density at radius 3 is 2.37 bits per heavy atom. The maximum absolute atomic E-state index is 4.39. The number of allylic oxidation sites excluding steroid dienone is 5. The van der Waals surface area contributed by atoms with Crippen LogP contribution in [0.3, 0.4) is 0 Å². The van der Waals surface area contributed by atoms with Crippen LogP contribution in [0.1, 0.15) is 32.8 Å². The molecule has 2 aliphatic rings. The van der Waals surface area contributed by atoms with Crippen molar-refractivity contribution in [3.05, 3.63) is 64.8 Å². The van der Waals surface area contributed by atoms with Crippen molar-refractivity contribution in [3.8, 4) is 0 Å². The van der Waals surface area contributed by atoms with Gasteiger partial charge in [-0.2, -0.15) is 0 Å². The van der Waals surface area contributed by atoms with E-state index in [-0.39, 0.29) is 0 Å². The molecule has 0 N–H and O–H groups in total. The molecule has 0 saturated heterocycles. The summed E-state index contributed by atoms with van der Waals surface area (Å²) in [5, 5.41) is 1.28. The first-order valence-electron chi connectivity index (χ1n) is 6.82. The molecule has 1 aliphatic carbocycles. The SMILES string of the molecule is C=C1C(C)=C(c2ccccc2)C12CC(C)=C(C)C[Se]2. The van der Waals surface area contributed by atoms with E-state index in [1.807, 2.05) is 0 Å². The van der Waals surface area contributed by atoms with Crippen molar-refractivity contribution in [2.75, 3.05) is 0 Å². The Bertz CT molecular complexity index is 604. The van der Waals surface area contributed by atoms with E-state index in [0.717, 1.165) is 0 Å². The van der Waals surface area contributed by atoms with E-state index in [1.165, 1.54) is 28.4 Å². The van der Waals surface area contributed by atoms with Gasteiger partial charge < -0.3 is 0 Å². The molecule has 1 aliphatic heterocycles. The Morgan fingerprint density at radius 1 is 1.05 bits per heavy atom. The molecule has 19 heavy (non-hydrogen) atoms. The molecule has 1 heterocycles. The fraction of sp³-hybridized carbons (Fsp3) is 0.333. The molecule has 0 bridgehead atoms. The molecule has 0 aromatic heterocycles. The van der Waals surface area contributed by atoms with Gasteiger partial charge in [-0.15, -0.1) is 0 Å². The number of hydrogen-bond acceptors (Lipinski definition) is 0. The molecule has 0 nitrogen and oxygen atoms in total. The van der Waals surface area contributed by atoms with E-state index in [4.69, 9.17) is 0 Å². The first-order valence-corrected chi connectivity index (χ1v) is 8.89. The Morgan fingerprint density at radius 2 is 1.74 bits per heavy atom. The van der Waals surface area contributed by atoms with E-state index in [0.29, 0.717) is 19.3 Å². The van der Waals surface area contributed by atoms with Crippen molar-refractivity contribution in [3.63, 3.8) is 0 Å². The quantitative estimate of drug-likeness (QED) is 0.502. The van der Waals surface area contributed by atoms with Gasteiger partial charge in [0.1, 0.15) is 0 Å². The summed E-state index contributed by atoms with van der Waals surface area (Å²) >= 11 is 0.609. The second kappa shape index (κ2) is 4.51. The minimum atomic E-state index is 0.294. The van der Waals surface area contributed by atoms with Gasteiger partial charge in [0.15, 0.2) is 0 Å². The molecular weight excluding hydrogens is 295 g/mol. The fourth-order valence-electron chi connectivity index (χ4n) is 3.18. The van der Waals surface area contributed by atoms with Crippen LogP contribution in [-0.4, -0.2) is 15.0 Å². The van der Waals surface area contributed by atoms with Gasteiger partial charge in [-0.25, -0.2) is 0 Å². The van der Waals surface area contributed by atoms with Crippen LogP contribution in [0, 0.1) is 0 Å². The van der Waals surface area contributed by atoms with E-state index in [1.54, 1.807) is 16.7 Å². The monoisotopic (exact) mass is 316 g/mol. The summed E-state index contributed by atoms with van der Waals surface area (Å²) < 4.78 is 0.294. The molecule has 1 atom stereocenters. The Balaban J connectivity index is 2.08. The average molecular weight is 315 g/mol. The molecule has 0 amide bonds. The molecule has 0 saturated carbocycles. The topological polar surface area (TPSA) is 0 Å². The van der Waals surface area contributed by atoms with Crippen LogP contribution in [-0.2, 0) is 0 Å². The van der Waals surface area contributed by atoms with Gasteiger partial charge in [-0.1, -0.05) is 0 Å². The van der Waals surface area contributed by atoms with E-state index in [9.17, 15) is 0 Å². The van der Waals surface area contributed by atoms with Gasteiger partial charge in [-0.05, 0) is 0 Å². The molecule has 0 radical (unpaired) electrons. The predicted molar refractivity (Wildman–Crippen MR) is 84.4 cm³/mol. The zero-order chi connectivity index (χ0) is 13.6. The zero-order valence-electron chi connectivity index (χ0n) is 11.9. The minimum absolute atomic E-state index is 0.294. The van der Waals surface area contributed by atoms with Gasteiger partial charge in [0, 0.05) is 0 Å². The predicted octanol–water partition coefficient (Wildman–Crippen LogP) is 5.05. The Hall–Kier alpha value is -1.04. The molecule has 1 heteroatoms. The summed E-state index contributed by atoms with van der Waals surface area (Å²) in [5.41, 5.74) is 9.00. The normalized spacial score (nSPS) is 27.0. The average Bonchev–Trinajstić information content (AvgIpc) is 2.43. The second-order valence-corrected chi connectivity index (χ2v) is 8.37. The third-order valence-electron chi connectivity index (χ3n) is 4.56. The summed E-state index contributed by atoms with van der Waals surface area (Å²) in [7, 11) is 0. The van der Waals surface area contributed by atoms with Gasteiger partial charge in [-0.3, -0.25) is 0 Å². The van der Waals surface area contributed by atoms with Crippen LogP contribution in [0.15, 0.2) is 59.2 Å². The maximum atomic E-state index is 4.39. The van der Waals surface area contributed by atoms with Crippen molar-refractivity contribution in [1.82, 2.24) is 0 Å². The van der Waals surface area contributed by atoms with Crippen molar-refractivity contribution in [2.45, 2.75) is 36.8 Å². The van der Waals surface area contributed by atoms with E-state index < -0.39 is 0 Å². The van der Waals surface area contributed by atoms with E-state index in [2.05, 4.69) is 57.7 Å². The molecule has 0 fully saturated rings. The molecule has 1 unspecified atom stereocenters. The van der Waals surface area contributed by atoms with Crippen LogP contribution in [0.4, 0.5) is 0 Å². The first-order chi connectivity index (χ1) is 9.06. The van der Waals surface area contributed by atoms with Crippen molar-refractivity contribution < 1.29 is 0 Å². The summed E-state index contributed by atoms with van der Waals surface area (Å²) in [6, 6.07) is 10.9. The second-order valence-electron chi connectivity index (χ2n) is 5.70. The third-order valence-corrected chi connectivity index (χ3v) is 8.05. The third kappa shape index (κ3) is 1.80. The van der Waals surface area contributed by atoms with Crippen molar-refractivity contribution in [1.29, 1.82) is 0 Å². The van der Waals surface area contributed by atoms with Crippen LogP contribution < -0.4 is 0 Å². The van der Waals surface area contributed by atoms with Gasteiger partial charge >= 0.3 is 122 Å². The molecule has 1 aromatic carbocycles. The van der Waals surface area contributed by atoms with Crippen LogP contribution in [0.5, 0.6) is 0 Å². The summed E-state index contributed by atoms with van der Waals surface area (Å²) in [6.45, 7) is 11.2. The van der Waals surface area contributed by atoms with Crippen LogP contribution >= 0.6 is 0 Å². The first kappa shape index (κ1) is 13.0. The summed E-state index contributed by atoms with van der Waals surface area (Å²) in [4.78, 5) is 0. The van der Waals surface area contributed by atoms with Gasteiger partial charge in [0.2, 0.25) is 0 Å². The Labute approximate surface area is 122 Å². The number of hydrogen-bond donors (Lipinski definition) is 0. The van der Waals surface area contributed by atoms with Crippen molar-refractivity contribution in [2.24, 2.45) is 0 Å². The van der Waals surface area contributed by atoms with Crippen LogP contribution in [0.25, 0.3) is 5.57 Å². The number of rotatable bonds is 1. The van der Waals surface area contributed by atoms with Crippen LogP contribution in [0.2, 0.25) is 9.63 Å². The molecular formula is C18H20Se. The molecule has 1 spiro atoms. The van der Waals surface area contributed by atoms with Crippen molar-refractivity contribution >= 4 is 20.5 Å². The summed E-state index contributed by atoms with van der Waals surface area (Å²) in [6.07, 6.45) is 1.19. The standard InChI is InChI=1S/C18H20Se/c1-12-10-18(19-11-13(12)2)15(4)14(3)17(18)16-8-6-5-7-9-16/h5-9H,4,10-11H2,1-3H3. The van der Waals surface area contributed by atoms with E-state index >= 15 is 0 Å². The molecule has 1 aromatic rings.